The number of likely N-dealkylation sites (tertiary alicyclic amines) is 1. The highest BCUT2D eigenvalue weighted by molar-refractivity contribution is 6.01. The van der Waals surface area contributed by atoms with E-state index < -0.39 is 5.54 Å². The molecule has 0 saturated carbocycles. The molecule has 6 nitrogen and oxygen atoms in total. The van der Waals surface area contributed by atoms with Crippen LogP contribution in [-0.2, 0) is 17.9 Å². The van der Waals surface area contributed by atoms with E-state index in [2.05, 4.69) is 39.0 Å². The Hall–Kier alpha value is -2.96. The van der Waals surface area contributed by atoms with Crippen molar-refractivity contribution in [2.75, 3.05) is 31.1 Å². The van der Waals surface area contributed by atoms with Gasteiger partial charge in [-0.05, 0) is 43.5 Å². The molecule has 2 fully saturated rings. The van der Waals surface area contributed by atoms with Crippen LogP contribution >= 0.6 is 0 Å². The number of nitrogens with zero attached hydrogens (tertiary/aromatic N) is 4. The molecule has 1 amide bonds. The van der Waals surface area contributed by atoms with Crippen molar-refractivity contribution in [1.82, 2.24) is 14.8 Å². The van der Waals surface area contributed by atoms with Crippen molar-refractivity contribution in [2.45, 2.75) is 38.4 Å². The average molecular weight is 431 g/mol. The van der Waals surface area contributed by atoms with Crippen LogP contribution in [0.1, 0.15) is 29.7 Å². The van der Waals surface area contributed by atoms with E-state index >= 15 is 0 Å². The van der Waals surface area contributed by atoms with Gasteiger partial charge in [0, 0.05) is 50.5 Å². The van der Waals surface area contributed by atoms with Gasteiger partial charge in [0.05, 0.1) is 24.4 Å². The van der Waals surface area contributed by atoms with Crippen molar-refractivity contribution >= 4 is 11.6 Å². The predicted molar refractivity (Wildman–Crippen MR) is 124 cm³/mol. The Morgan fingerprint density at radius 1 is 0.938 bits per heavy atom. The summed E-state index contributed by atoms with van der Waals surface area (Å²) in [5.74, 6) is 0.216. The first-order valence-corrected chi connectivity index (χ1v) is 11.4. The number of pyridine rings is 1. The minimum absolute atomic E-state index is 0.216. The van der Waals surface area contributed by atoms with Gasteiger partial charge < -0.3 is 9.32 Å². The van der Waals surface area contributed by atoms with Crippen molar-refractivity contribution in [3.8, 4) is 0 Å². The van der Waals surface area contributed by atoms with Crippen LogP contribution in [0.3, 0.4) is 0 Å². The Kier molecular flexibility index (Phi) is 5.81. The molecule has 4 heterocycles. The van der Waals surface area contributed by atoms with Crippen molar-refractivity contribution in [3.05, 3.63) is 84.1 Å². The number of aryl methyl sites for hydroxylation is 1. The number of amides is 1. The van der Waals surface area contributed by atoms with Crippen LogP contribution in [0.15, 0.2) is 71.7 Å². The fourth-order valence-corrected chi connectivity index (χ4v) is 5.07. The molecule has 2 aliphatic heterocycles. The molecule has 0 bridgehead atoms. The monoisotopic (exact) mass is 430 g/mol. The fourth-order valence-electron chi connectivity index (χ4n) is 5.07. The third-order valence-electron chi connectivity index (χ3n) is 6.94. The zero-order chi connectivity index (χ0) is 22.0. The third-order valence-corrected chi connectivity index (χ3v) is 6.94. The lowest BCUT2D eigenvalue weighted by atomic mass is 9.81. The Labute approximate surface area is 189 Å². The van der Waals surface area contributed by atoms with Gasteiger partial charge in [-0.15, -0.1) is 0 Å². The molecule has 3 aromatic rings. The summed E-state index contributed by atoms with van der Waals surface area (Å²) in [6.45, 7) is 6.97. The highest BCUT2D eigenvalue weighted by Gasteiger charge is 2.50. The topological polar surface area (TPSA) is 52.8 Å². The van der Waals surface area contributed by atoms with Gasteiger partial charge in [0.2, 0.25) is 5.91 Å². The van der Waals surface area contributed by atoms with Gasteiger partial charge in [0.1, 0.15) is 5.54 Å². The van der Waals surface area contributed by atoms with Crippen LogP contribution in [0, 0.1) is 6.92 Å². The summed E-state index contributed by atoms with van der Waals surface area (Å²) in [7, 11) is 0. The molecular weight excluding hydrogens is 400 g/mol. The number of rotatable bonds is 5. The maximum Gasteiger partial charge on any atom is 0.247 e. The van der Waals surface area contributed by atoms with E-state index in [1.54, 1.807) is 6.26 Å². The molecule has 2 saturated heterocycles. The van der Waals surface area contributed by atoms with E-state index in [4.69, 9.17) is 4.42 Å². The maximum absolute atomic E-state index is 14.0. The first kappa shape index (κ1) is 20.9. The molecule has 2 aromatic heterocycles. The molecule has 0 radical (unpaired) electrons. The first-order valence-electron chi connectivity index (χ1n) is 11.4. The number of carbonyl (C=O) groups is 1. The summed E-state index contributed by atoms with van der Waals surface area (Å²) in [5.41, 5.74) is 3.83. The normalized spacial score (nSPS) is 19.5. The molecule has 0 aliphatic carbocycles. The number of benzene rings is 1. The number of piperazine rings is 1. The lowest BCUT2D eigenvalue weighted by molar-refractivity contribution is -0.138. The highest BCUT2D eigenvalue weighted by Crippen LogP contribution is 2.37. The minimum Gasteiger partial charge on any atom is -0.472 e. The second-order valence-electron chi connectivity index (χ2n) is 8.96. The highest BCUT2D eigenvalue weighted by atomic mass is 16.3. The molecule has 0 unspecified atom stereocenters. The zero-order valence-electron chi connectivity index (χ0n) is 18.6. The summed E-state index contributed by atoms with van der Waals surface area (Å²) >= 11 is 0. The summed E-state index contributed by atoms with van der Waals surface area (Å²) < 4.78 is 5.24. The predicted octanol–water partition coefficient (Wildman–Crippen LogP) is 3.87. The van der Waals surface area contributed by atoms with Gasteiger partial charge in [-0.2, -0.15) is 0 Å². The molecule has 1 spiro atoms. The molecule has 32 heavy (non-hydrogen) atoms. The van der Waals surface area contributed by atoms with Crippen LogP contribution in [-0.4, -0.2) is 52.4 Å². The smallest absolute Gasteiger partial charge is 0.247 e. The lowest BCUT2D eigenvalue weighted by Gasteiger charge is -2.53. The van der Waals surface area contributed by atoms with Crippen LogP contribution in [0.25, 0.3) is 0 Å². The maximum atomic E-state index is 14.0. The molecule has 5 rings (SSSR count). The standard InChI is InChI=1S/C26H30N4O2/c1-21-7-8-24(17-27-21)30-15-14-29(19-22-5-3-2-4-6-22)26(25(30)31)10-12-28(13-11-26)18-23-9-16-32-20-23/h2-9,16-17,20H,10-15,18-19H2,1H3. The first-order chi connectivity index (χ1) is 15.6. The number of hydrogen-bond donors (Lipinski definition) is 0. The van der Waals surface area contributed by atoms with Gasteiger partial charge in [-0.25, -0.2) is 0 Å². The fraction of sp³-hybridized carbons (Fsp3) is 0.385. The van der Waals surface area contributed by atoms with E-state index in [0.717, 1.165) is 56.9 Å². The van der Waals surface area contributed by atoms with E-state index in [1.165, 1.54) is 11.1 Å². The van der Waals surface area contributed by atoms with E-state index in [0.29, 0.717) is 6.54 Å². The van der Waals surface area contributed by atoms with Crippen molar-refractivity contribution in [2.24, 2.45) is 0 Å². The quantitative estimate of drug-likeness (QED) is 0.615. The van der Waals surface area contributed by atoms with Gasteiger partial charge in [-0.1, -0.05) is 30.3 Å². The Bertz CT molecular complexity index is 1030. The molecule has 6 heteroatoms. The number of anilines is 1. The SMILES string of the molecule is Cc1ccc(N2CCN(Cc3ccccc3)C3(CCN(Cc4ccoc4)CC3)C2=O)cn1. The second-order valence-corrected chi connectivity index (χ2v) is 8.96. The summed E-state index contributed by atoms with van der Waals surface area (Å²) in [4.78, 5) is 25.3. The number of piperidine rings is 1. The second kappa shape index (κ2) is 8.88. The Balaban J connectivity index is 1.39. The van der Waals surface area contributed by atoms with Crippen LogP contribution in [0.5, 0.6) is 0 Å². The third kappa shape index (κ3) is 4.08. The van der Waals surface area contributed by atoms with Crippen molar-refractivity contribution in [3.63, 3.8) is 0 Å². The number of aromatic nitrogens is 1. The average Bonchev–Trinajstić information content (AvgIpc) is 3.33. The van der Waals surface area contributed by atoms with Crippen LogP contribution in [0.2, 0.25) is 0 Å². The van der Waals surface area contributed by atoms with Crippen molar-refractivity contribution in [1.29, 1.82) is 0 Å². The number of carbonyl (C=O) groups excluding carboxylic acids is 1. The molecule has 1 aromatic carbocycles. The van der Waals surface area contributed by atoms with Crippen LogP contribution < -0.4 is 4.90 Å². The van der Waals surface area contributed by atoms with E-state index in [-0.39, 0.29) is 5.91 Å². The molecular formula is C26H30N4O2. The minimum atomic E-state index is -0.480. The van der Waals surface area contributed by atoms with E-state index in [9.17, 15) is 4.79 Å². The molecule has 166 valence electrons. The van der Waals surface area contributed by atoms with E-state index in [1.807, 2.05) is 48.5 Å². The summed E-state index contributed by atoms with van der Waals surface area (Å²) in [5, 5.41) is 0. The molecule has 0 N–H and O–H groups in total. The largest absolute Gasteiger partial charge is 0.472 e. The van der Waals surface area contributed by atoms with Gasteiger partial charge >= 0.3 is 0 Å². The molecule has 0 atom stereocenters. The van der Waals surface area contributed by atoms with Crippen LogP contribution in [0.4, 0.5) is 5.69 Å². The van der Waals surface area contributed by atoms with Gasteiger partial charge in [0.25, 0.3) is 0 Å². The van der Waals surface area contributed by atoms with Crippen molar-refractivity contribution < 1.29 is 9.21 Å². The van der Waals surface area contributed by atoms with Gasteiger partial charge in [-0.3, -0.25) is 19.6 Å². The number of furan rings is 1. The summed E-state index contributed by atoms with van der Waals surface area (Å²) in [6.07, 6.45) is 7.02. The Morgan fingerprint density at radius 3 is 2.44 bits per heavy atom. The number of hydrogen-bond acceptors (Lipinski definition) is 5. The Morgan fingerprint density at radius 2 is 1.75 bits per heavy atom. The molecule has 2 aliphatic rings. The summed E-state index contributed by atoms with van der Waals surface area (Å²) in [6, 6.07) is 16.5. The lowest BCUT2D eigenvalue weighted by Crippen LogP contribution is -2.68. The zero-order valence-corrected chi connectivity index (χ0v) is 18.6. The van der Waals surface area contributed by atoms with Gasteiger partial charge in [0.15, 0.2) is 0 Å².